The molecule has 8 nitrogen and oxygen atoms in total. The lowest BCUT2D eigenvalue weighted by Gasteiger charge is -2.28. The van der Waals surface area contributed by atoms with Gasteiger partial charge in [0.15, 0.2) is 16.6 Å². The smallest absolute Gasteiger partial charge is 0.273 e. The van der Waals surface area contributed by atoms with Gasteiger partial charge in [0.2, 0.25) is 0 Å². The second-order valence-corrected chi connectivity index (χ2v) is 10.6. The maximum Gasteiger partial charge on any atom is 0.273 e. The Labute approximate surface area is 222 Å². The van der Waals surface area contributed by atoms with E-state index in [0.717, 1.165) is 21.5 Å². The van der Waals surface area contributed by atoms with Gasteiger partial charge in [-0.2, -0.15) is 0 Å². The minimum absolute atomic E-state index is 0.0631. The van der Waals surface area contributed by atoms with Gasteiger partial charge in [-0.05, 0) is 29.7 Å². The van der Waals surface area contributed by atoms with Gasteiger partial charge in [-0.15, -0.1) is 0 Å². The van der Waals surface area contributed by atoms with Crippen molar-refractivity contribution in [2.75, 3.05) is 11.9 Å². The number of nitrogens with one attached hydrogen (secondary N) is 2. The number of amides is 1. The average Bonchev–Trinajstić information content (AvgIpc) is 3.36. The van der Waals surface area contributed by atoms with E-state index >= 15 is 4.39 Å². The van der Waals surface area contributed by atoms with Crippen LogP contribution in [-0.2, 0) is 12.1 Å². The number of hydrogen-bond acceptors (Lipinski definition) is 9. The Hall–Kier alpha value is -3.38. The predicted octanol–water partition coefficient (Wildman–Crippen LogP) is 4.84. The molecule has 0 bridgehead atoms. The van der Waals surface area contributed by atoms with E-state index in [2.05, 4.69) is 25.6 Å². The van der Waals surface area contributed by atoms with Crippen LogP contribution in [0.15, 0.2) is 76.2 Å². The van der Waals surface area contributed by atoms with Crippen molar-refractivity contribution in [2.45, 2.75) is 41.0 Å². The number of halogens is 1. The molecule has 4 aromatic rings. The Morgan fingerprint density at radius 3 is 2.65 bits per heavy atom. The van der Waals surface area contributed by atoms with Gasteiger partial charge in [-0.3, -0.25) is 4.79 Å². The number of aromatic nitrogens is 3. The van der Waals surface area contributed by atoms with Gasteiger partial charge >= 0.3 is 0 Å². The zero-order valence-electron chi connectivity index (χ0n) is 20.1. The Morgan fingerprint density at radius 1 is 1.14 bits per heavy atom. The molecule has 0 fully saturated rings. The lowest BCUT2D eigenvalue weighted by atomic mass is 9.89. The first kappa shape index (κ1) is 26.7. The topological polar surface area (TPSA) is 126 Å². The summed E-state index contributed by atoms with van der Waals surface area (Å²) in [6, 6.07) is 14.3. The molecule has 1 unspecified atom stereocenters. The molecule has 0 aliphatic heterocycles. The van der Waals surface area contributed by atoms with Gasteiger partial charge in [-0.25, -0.2) is 19.3 Å². The number of anilines is 2. The highest BCUT2D eigenvalue weighted by molar-refractivity contribution is 8.01. The van der Waals surface area contributed by atoms with Crippen molar-refractivity contribution < 1.29 is 14.3 Å². The summed E-state index contributed by atoms with van der Waals surface area (Å²) in [6.07, 6.45) is 5.85. The normalized spacial score (nSPS) is 12.6. The zero-order chi connectivity index (χ0) is 26.3. The van der Waals surface area contributed by atoms with E-state index in [1.807, 2.05) is 37.3 Å². The zero-order valence-corrected chi connectivity index (χ0v) is 21.8. The second-order valence-electron chi connectivity index (χ2n) is 8.27. The minimum Gasteiger partial charge on any atom is -0.383 e. The van der Waals surface area contributed by atoms with Crippen LogP contribution in [0.25, 0.3) is 0 Å². The molecular formula is C26H27FN6O2S2. The van der Waals surface area contributed by atoms with E-state index in [-0.39, 0.29) is 17.1 Å². The molecular weight excluding hydrogens is 511 g/mol. The van der Waals surface area contributed by atoms with Crippen LogP contribution in [0.3, 0.4) is 0 Å². The Bertz CT molecular complexity index is 1340. The summed E-state index contributed by atoms with van der Waals surface area (Å²) in [5.74, 6) is -0.801. The van der Waals surface area contributed by atoms with E-state index in [0.29, 0.717) is 35.9 Å². The van der Waals surface area contributed by atoms with Crippen molar-refractivity contribution in [3.63, 3.8) is 0 Å². The van der Waals surface area contributed by atoms with Crippen LogP contribution in [0, 0.1) is 5.82 Å². The van der Waals surface area contributed by atoms with Gasteiger partial charge in [0.05, 0.1) is 21.8 Å². The molecule has 0 radical (unpaired) electrons. The van der Waals surface area contributed by atoms with E-state index < -0.39 is 17.3 Å². The molecule has 1 aromatic carbocycles. The minimum atomic E-state index is -1.26. The molecule has 3 aromatic heterocycles. The molecule has 4 rings (SSSR count). The lowest BCUT2D eigenvalue weighted by molar-refractivity contribution is 0.0260. The summed E-state index contributed by atoms with van der Waals surface area (Å²) in [6.45, 7) is 2.30. The number of carbonyl (C=O) groups is 1. The molecule has 11 heteroatoms. The molecule has 0 saturated carbocycles. The van der Waals surface area contributed by atoms with Crippen LogP contribution in [0.2, 0.25) is 0 Å². The summed E-state index contributed by atoms with van der Waals surface area (Å²) < 4.78 is 16.0. The molecule has 1 amide bonds. The summed E-state index contributed by atoms with van der Waals surface area (Å²) in [4.78, 5) is 25.6. The van der Waals surface area contributed by atoms with Crippen LogP contribution in [0.4, 0.5) is 15.3 Å². The van der Waals surface area contributed by atoms with E-state index in [1.165, 1.54) is 23.6 Å². The monoisotopic (exact) mass is 538 g/mol. The first-order valence-corrected chi connectivity index (χ1v) is 13.3. The lowest BCUT2D eigenvalue weighted by Crippen LogP contribution is -2.41. The van der Waals surface area contributed by atoms with E-state index in [4.69, 9.17) is 5.73 Å². The molecule has 37 heavy (non-hydrogen) atoms. The molecule has 0 aliphatic carbocycles. The average molecular weight is 539 g/mol. The van der Waals surface area contributed by atoms with Crippen molar-refractivity contribution >= 4 is 40.0 Å². The van der Waals surface area contributed by atoms with Crippen molar-refractivity contribution in [2.24, 2.45) is 5.73 Å². The van der Waals surface area contributed by atoms with E-state index in [1.54, 1.807) is 24.5 Å². The van der Waals surface area contributed by atoms with Crippen molar-refractivity contribution in [1.29, 1.82) is 0 Å². The van der Waals surface area contributed by atoms with Crippen LogP contribution >= 0.6 is 23.1 Å². The predicted molar refractivity (Wildman–Crippen MR) is 143 cm³/mol. The third-order valence-corrected chi connectivity index (χ3v) is 7.62. The van der Waals surface area contributed by atoms with Crippen LogP contribution in [0.1, 0.15) is 41.4 Å². The summed E-state index contributed by atoms with van der Waals surface area (Å²) in [5, 5.41) is 17.5. The Balaban J connectivity index is 1.43. The van der Waals surface area contributed by atoms with Crippen LogP contribution < -0.4 is 16.4 Å². The number of carbonyl (C=O) groups excluding carboxylic acids is 1. The van der Waals surface area contributed by atoms with Gasteiger partial charge in [0, 0.05) is 18.9 Å². The first-order chi connectivity index (χ1) is 17.9. The third kappa shape index (κ3) is 6.69. The quantitative estimate of drug-likeness (QED) is 0.214. The number of thiazole rings is 1. The molecule has 0 spiro atoms. The molecule has 0 aliphatic rings. The standard InChI is InChI=1S/C26H27FN6O2S2/c1-2-11-26(35,18-6-4-3-5-7-18)16-32-24(34)23-22(27)19(10-12-29-23)36-21-15-31-25(37-21)33-20-9-8-17(13-28)14-30-20/h3-10,12,14-15,35H,2,11,13,16,28H2,1H3,(H,32,34)(H,30,31,33). The number of nitrogens with two attached hydrogens (primary N) is 1. The fourth-order valence-corrected chi connectivity index (χ4v) is 5.54. The number of aliphatic hydroxyl groups is 1. The number of pyridine rings is 2. The highest BCUT2D eigenvalue weighted by Crippen LogP contribution is 2.36. The van der Waals surface area contributed by atoms with Crippen molar-refractivity contribution in [1.82, 2.24) is 20.3 Å². The SMILES string of the molecule is CCCC(O)(CNC(=O)c1nccc(Sc2cnc(Nc3ccc(CN)cn3)s2)c1F)c1ccccc1. The summed E-state index contributed by atoms with van der Waals surface area (Å²) in [5.41, 5.74) is 5.61. The maximum absolute atomic E-state index is 15.3. The number of hydrogen-bond donors (Lipinski definition) is 4. The molecule has 192 valence electrons. The highest BCUT2D eigenvalue weighted by atomic mass is 32.2. The number of rotatable bonds is 11. The fraction of sp³-hybridized carbons (Fsp3) is 0.231. The van der Waals surface area contributed by atoms with Crippen molar-refractivity contribution in [3.05, 3.63) is 89.8 Å². The van der Waals surface area contributed by atoms with Gasteiger partial charge < -0.3 is 21.5 Å². The highest BCUT2D eigenvalue weighted by Gasteiger charge is 2.29. The molecule has 3 heterocycles. The first-order valence-electron chi connectivity index (χ1n) is 11.7. The van der Waals surface area contributed by atoms with Gasteiger partial charge in [0.25, 0.3) is 5.91 Å². The van der Waals surface area contributed by atoms with Gasteiger partial charge in [0.1, 0.15) is 11.4 Å². The molecule has 1 atom stereocenters. The van der Waals surface area contributed by atoms with Crippen molar-refractivity contribution in [3.8, 4) is 0 Å². The maximum atomic E-state index is 15.3. The Morgan fingerprint density at radius 2 is 1.95 bits per heavy atom. The summed E-state index contributed by atoms with van der Waals surface area (Å²) >= 11 is 2.47. The second kappa shape index (κ2) is 12.2. The molecule has 0 saturated heterocycles. The van der Waals surface area contributed by atoms with E-state index in [9.17, 15) is 9.90 Å². The number of benzene rings is 1. The van der Waals surface area contributed by atoms with Crippen LogP contribution in [-0.4, -0.2) is 32.5 Å². The molecule has 5 N–H and O–H groups in total. The summed E-state index contributed by atoms with van der Waals surface area (Å²) in [7, 11) is 0. The van der Waals surface area contributed by atoms with Gasteiger partial charge in [-0.1, -0.05) is 72.8 Å². The van der Waals surface area contributed by atoms with Crippen LogP contribution in [0.5, 0.6) is 0 Å². The number of nitrogens with zero attached hydrogens (tertiary/aromatic N) is 3. The largest absolute Gasteiger partial charge is 0.383 e. The Kier molecular flexibility index (Phi) is 8.82. The fourth-order valence-electron chi connectivity index (χ4n) is 3.67. The third-order valence-electron chi connectivity index (χ3n) is 5.58.